The van der Waals surface area contributed by atoms with Gasteiger partial charge in [0.25, 0.3) is 5.91 Å². The van der Waals surface area contributed by atoms with Crippen molar-refractivity contribution in [2.24, 2.45) is 5.92 Å². The fourth-order valence-electron chi connectivity index (χ4n) is 6.11. The molecule has 222 valence electrons. The van der Waals surface area contributed by atoms with Gasteiger partial charge in [0.15, 0.2) is 0 Å². The molecular formula is C32H40N6O4. The van der Waals surface area contributed by atoms with Gasteiger partial charge in [-0.2, -0.15) is 0 Å². The monoisotopic (exact) mass is 572 g/mol. The molecule has 4 heterocycles. The minimum absolute atomic E-state index is 0.103. The molecule has 42 heavy (non-hydrogen) atoms. The van der Waals surface area contributed by atoms with Crippen LogP contribution in [0.2, 0.25) is 0 Å². The van der Waals surface area contributed by atoms with E-state index < -0.39 is 12.0 Å². The number of benzene rings is 1. The van der Waals surface area contributed by atoms with Gasteiger partial charge in [-0.25, -0.2) is 14.8 Å². The number of nitrogens with zero attached hydrogens (tertiary/aromatic N) is 4. The third-order valence-electron chi connectivity index (χ3n) is 8.50. The highest BCUT2D eigenvalue weighted by Gasteiger charge is 2.30. The zero-order valence-electron chi connectivity index (χ0n) is 24.4. The molecule has 0 radical (unpaired) electrons. The van der Waals surface area contributed by atoms with E-state index in [9.17, 15) is 19.5 Å². The fourth-order valence-corrected chi connectivity index (χ4v) is 6.11. The molecule has 10 heteroatoms. The number of aryl methyl sites for hydroxylation is 4. The van der Waals surface area contributed by atoms with Crippen LogP contribution < -0.4 is 10.6 Å². The molecule has 2 amide bonds. The number of aromatic nitrogens is 3. The van der Waals surface area contributed by atoms with Gasteiger partial charge in [0.05, 0.1) is 6.33 Å². The van der Waals surface area contributed by atoms with E-state index in [0.29, 0.717) is 57.2 Å². The van der Waals surface area contributed by atoms with Crippen LogP contribution >= 0.6 is 0 Å². The summed E-state index contributed by atoms with van der Waals surface area (Å²) in [6.45, 7) is 5.97. The maximum Gasteiger partial charge on any atom is 0.326 e. The molecule has 0 bridgehead atoms. The lowest BCUT2D eigenvalue weighted by atomic mass is 9.89. The van der Waals surface area contributed by atoms with Gasteiger partial charge in [-0.1, -0.05) is 13.0 Å². The lowest BCUT2D eigenvalue weighted by Crippen LogP contribution is -2.45. The van der Waals surface area contributed by atoms with E-state index >= 15 is 0 Å². The largest absolute Gasteiger partial charge is 0.480 e. The van der Waals surface area contributed by atoms with E-state index in [1.54, 1.807) is 12.5 Å². The summed E-state index contributed by atoms with van der Waals surface area (Å²) in [5, 5.41) is 16.1. The summed E-state index contributed by atoms with van der Waals surface area (Å²) in [5.74, 6) is -0.253. The molecule has 3 aromatic rings. The number of aliphatic carboxylic acids is 1. The number of anilines is 1. The van der Waals surface area contributed by atoms with Gasteiger partial charge in [-0.15, -0.1) is 0 Å². The molecule has 1 saturated heterocycles. The molecule has 5 rings (SSSR count). The first kappa shape index (κ1) is 29.3. The third kappa shape index (κ3) is 6.80. The number of carboxylic acids is 1. The predicted molar refractivity (Wildman–Crippen MR) is 160 cm³/mol. The second kappa shape index (κ2) is 13.2. The van der Waals surface area contributed by atoms with Gasteiger partial charge in [0.2, 0.25) is 5.91 Å². The second-order valence-electron chi connectivity index (χ2n) is 11.4. The Labute approximate surface area is 246 Å². The quantitative estimate of drug-likeness (QED) is 0.336. The summed E-state index contributed by atoms with van der Waals surface area (Å²) in [7, 11) is 0. The number of hydrogen-bond donors (Lipinski definition) is 3. The summed E-state index contributed by atoms with van der Waals surface area (Å²) in [4.78, 5) is 49.1. The normalized spacial score (nSPS) is 15.9. The van der Waals surface area contributed by atoms with E-state index in [4.69, 9.17) is 4.98 Å². The Morgan fingerprint density at radius 1 is 1.19 bits per heavy atom. The van der Waals surface area contributed by atoms with Gasteiger partial charge < -0.3 is 25.2 Å². The molecule has 2 aromatic heterocycles. The Bertz CT molecular complexity index is 1430. The average Bonchev–Trinajstić information content (AvgIpc) is 3.54. The van der Waals surface area contributed by atoms with Crippen molar-refractivity contribution in [3.8, 4) is 5.69 Å². The number of amides is 2. The van der Waals surface area contributed by atoms with Gasteiger partial charge in [-0.05, 0) is 92.7 Å². The van der Waals surface area contributed by atoms with Crippen molar-refractivity contribution >= 4 is 23.6 Å². The zero-order valence-corrected chi connectivity index (χ0v) is 24.4. The Hall–Kier alpha value is -4.21. The van der Waals surface area contributed by atoms with Crippen molar-refractivity contribution in [1.29, 1.82) is 0 Å². The standard InChI is InChI=1S/C32H40N6O4/c1-3-23-19-26(38-16-13-33-20-38)17-21(2)29(23)31(40)36-27(32(41)42)18-22-10-14-37(15-11-22)28(39)9-8-25-7-6-24-5-4-12-34-30(24)35-25/h6-7,13,16-17,19-20,22,27H,3-5,8-12,14-15,18H2,1-2H3,(H,34,35)(H,36,40)(H,41,42). The smallest absolute Gasteiger partial charge is 0.326 e. The Kier molecular flexibility index (Phi) is 9.19. The summed E-state index contributed by atoms with van der Waals surface area (Å²) in [6, 6.07) is 7.00. The van der Waals surface area contributed by atoms with Crippen LogP contribution in [0.15, 0.2) is 43.0 Å². The SMILES string of the molecule is CCc1cc(-n2ccnc2)cc(C)c1C(=O)NC(CC1CCN(C(=O)CCc2ccc3c(n2)NCCC3)CC1)C(=O)O. The molecular weight excluding hydrogens is 532 g/mol. The molecule has 0 aliphatic carbocycles. The van der Waals surface area contributed by atoms with E-state index in [1.165, 1.54) is 5.56 Å². The number of carbonyl (C=O) groups excluding carboxylic acids is 2. The first-order chi connectivity index (χ1) is 20.3. The lowest BCUT2D eigenvalue weighted by Gasteiger charge is -2.33. The van der Waals surface area contributed by atoms with Gasteiger partial charge in [-0.3, -0.25) is 9.59 Å². The number of rotatable bonds is 10. The summed E-state index contributed by atoms with van der Waals surface area (Å²) in [5.41, 5.74) is 5.23. The molecule has 1 atom stereocenters. The Balaban J connectivity index is 1.14. The summed E-state index contributed by atoms with van der Waals surface area (Å²) in [6.07, 6.45) is 10.8. The van der Waals surface area contributed by atoms with Gasteiger partial charge in [0.1, 0.15) is 11.9 Å². The van der Waals surface area contributed by atoms with E-state index in [-0.39, 0.29) is 17.7 Å². The highest BCUT2D eigenvalue weighted by atomic mass is 16.4. The first-order valence-corrected chi connectivity index (χ1v) is 15.0. The molecule has 1 aromatic carbocycles. The zero-order chi connectivity index (χ0) is 29.6. The van der Waals surface area contributed by atoms with Crippen LogP contribution in [0.1, 0.15) is 71.8 Å². The van der Waals surface area contributed by atoms with Crippen LogP contribution in [0, 0.1) is 12.8 Å². The first-order valence-electron chi connectivity index (χ1n) is 15.0. The van der Waals surface area contributed by atoms with Crippen LogP contribution in [-0.4, -0.2) is 68.0 Å². The number of carbonyl (C=O) groups is 3. The minimum atomic E-state index is -1.04. The van der Waals surface area contributed by atoms with Crippen molar-refractivity contribution in [2.45, 2.75) is 71.3 Å². The van der Waals surface area contributed by atoms with Gasteiger partial charge in [0, 0.05) is 55.4 Å². The van der Waals surface area contributed by atoms with Crippen molar-refractivity contribution in [3.63, 3.8) is 0 Å². The molecule has 1 fully saturated rings. The van der Waals surface area contributed by atoms with Crippen LogP contribution in [0.3, 0.4) is 0 Å². The topological polar surface area (TPSA) is 129 Å². The highest BCUT2D eigenvalue weighted by molar-refractivity contribution is 5.99. The fraction of sp³-hybridized carbons (Fsp3) is 0.469. The number of hydrogen-bond acceptors (Lipinski definition) is 6. The van der Waals surface area contributed by atoms with Gasteiger partial charge >= 0.3 is 5.97 Å². The van der Waals surface area contributed by atoms with Crippen LogP contribution in [0.4, 0.5) is 5.82 Å². The van der Waals surface area contributed by atoms with Crippen LogP contribution in [-0.2, 0) is 28.9 Å². The number of pyridine rings is 1. The molecule has 10 nitrogen and oxygen atoms in total. The van der Waals surface area contributed by atoms with Crippen LogP contribution in [0.25, 0.3) is 5.69 Å². The number of nitrogens with one attached hydrogen (secondary N) is 2. The second-order valence-corrected chi connectivity index (χ2v) is 11.4. The van der Waals surface area contributed by atoms with Crippen molar-refractivity contribution in [1.82, 2.24) is 24.8 Å². The molecule has 3 N–H and O–H groups in total. The Morgan fingerprint density at radius 2 is 2.00 bits per heavy atom. The third-order valence-corrected chi connectivity index (χ3v) is 8.50. The molecule has 0 saturated carbocycles. The maximum atomic E-state index is 13.4. The van der Waals surface area contributed by atoms with Crippen molar-refractivity contribution < 1.29 is 19.5 Å². The summed E-state index contributed by atoms with van der Waals surface area (Å²) >= 11 is 0. The molecule has 2 aliphatic heterocycles. The number of likely N-dealkylation sites (tertiary alicyclic amines) is 1. The Morgan fingerprint density at radius 3 is 2.71 bits per heavy atom. The number of piperidine rings is 1. The minimum Gasteiger partial charge on any atom is -0.480 e. The predicted octanol–water partition coefficient (Wildman–Crippen LogP) is 3.94. The lowest BCUT2D eigenvalue weighted by molar-refractivity contribution is -0.140. The summed E-state index contributed by atoms with van der Waals surface area (Å²) < 4.78 is 1.88. The average molecular weight is 573 g/mol. The number of imidazole rings is 1. The van der Waals surface area contributed by atoms with Crippen molar-refractivity contribution in [3.05, 3.63) is 70.9 Å². The van der Waals surface area contributed by atoms with Crippen LogP contribution in [0.5, 0.6) is 0 Å². The highest BCUT2D eigenvalue weighted by Crippen LogP contribution is 2.25. The van der Waals surface area contributed by atoms with E-state index in [1.807, 2.05) is 47.7 Å². The molecule has 0 spiro atoms. The van der Waals surface area contributed by atoms with Crippen molar-refractivity contribution in [2.75, 3.05) is 25.0 Å². The maximum absolute atomic E-state index is 13.4. The number of carboxylic acid groups (broad SMARTS) is 1. The molecule has 2 aliphatic rings. The number of fused-ring (bicyclic) bond motifs is 1. The van der Waals surface area contributed by atoms with E-state index in [0.717, 1.165) is 47.7 Å². The molecule has 1 unspecified atom stereocenters. The van der Waals surface area contributed by atoms with E-state index in [2.05, 4.69) is 21.7 Å².